The van der Waals surface area contributed by atoms with Gasteiger partial charge in [0, 0.05) is 12.5 Å². The molecular formula is C18H21NO3S. The summed E-state index contributed by atoms with van der Waals surface area (Å²) >= 11 is 0. The Balaban J connectivity index is 1.81. The first-order valence-electron chi connectivity index (χ1n) is 7.70. The van der Waals surface area contributed by atoms with Gasteiger partial charge in [-0.1, -0.05) is 36.4 Å². The third-order valence-corrected chi connectivity index (χ3v) is 5.50. The lowest BCUT2D eigenvalue weighted by Crippen LogP contribution is -2.39. The third-order valence-electron chi connectivity index (χ3n) is 4.06. The average Bonchev–Trinajstić information content (AvgIpc) is 2.52. The van der Waals surface area contributed by atoms with Crippen LogP contribution < -0.4 is 9.46 Å². The highest BCUT2D eigenvalue weighted by Gasteiger charge is 2.34. The molecule has 4 nitrogen and oxygen atoms in total. The average molecular weight is 331 g/mol. The maximum atomic E-state index is 12.4. The van der Waals surface area contributed by atoms with Crippen molar-refractivity contribution in [2.24, 2.45) is 0 Å². The molecule has 0 fully saturated rings. The van der Waals surface area contributed by atoms with Crippen LogP contribution in [0.15, 0.2) is 59.5 Å². The van der Waals surface area contributed by atoms with E-state index in [2.05, 4.69) is 4.72 Å². The summed E-state index contributed by atoms with van der Waals surface area (Å²) in [6, 6.07) is 16.3. The Bertz CT molecular complexity index is 785. The van der Waals surface area contributed by atoms with E-state index < -0.39 is 10.0 Å². The van der Waals surface area contributed by atoms with Crippen LogP contribution in [0.4, 0.5) is 0 Å². The molecule has 23 heavy (non-hydrogen) atoms. The summed E-state index contributed by atoms with van der Waals surface area (Å²) in [5, 5.41) is 0. The van der Waals surface area contributed by atoms with E-state index in [9.17, 15) is 8.42 Å². The van der Waals surface area contributed by atoms with Crippen LogP contribution in [-0.2, 0) is 10.0 Å². The molecule has 0 saturated carbocycles. The molecular weight excluding hydrogens is 310 g/mol. The van der Waals surface area contributed by atoms with Crippen LogP contribution in [-0.4, -0.2) is 20.6 Å². The van der Waals surface area contributed by atoms with Gasteiger partial charge in [0.25, 0.3) is 0 Å². The van der Waals surface area contributed by atoms with Gasteiger partial charge in [-0.15, -0.1) is 0 Å². The van der Waals surface area contributed by atoms with Crippen LogP contribution in [0, 0.1) is 0 Å². The van der Waals surface area contributed by atoms with Crippen molar-refractivity contribution in [3.05, 3.63) is 60.2 Å². The van der Waals surface area contributed by atoms with E-state index in [1.807, 2.05) is 38.1 Å². The Hall–Kier alpha value is -1.85. The number of benzene rings is 2. The molecule has 2 aromatic carbocycles. The number of rotatable bonds is 4. The van der Waals surface area contributed by atoms with E-state index in [1.54, 1.807) is 30.3 Å². The van der Waals surface area contributed by atoms with E-state index in [1.165, 1.54) is 0 Å². The molecule has 1 heterocycles. The van der Waals surface area contributed by atoms with Crippen molar-refractivity contribution < 1.29 is 13.2 Å². The molecule has 122 valence electrons. The largest absolute Gasteiger partial charge is 0.488 e. The lowest BCUT2D eigenvalue weighted by molar-refractivity contribution is 0.0725. The zero-order valence-electron chi connectivity index (χ0n) is 13.3. The highest BCUT2D eigenvalue weighted by molar-refractivity contribution is 7.89. The number of para-hydroxylation sites is 1. The van der Waals surface area contributed by atoms with Gasteiger partial charge < -0.3 is 4.74 Å². The summed E-state index contributed by atoms with van der Waals surface area (Å²) in [6.07, 6.45) is 0.765. The lowest BCUT2D eigenvalue weighted by Gasteiger charge is -2.37. The quantitative estimate of drug-likeness (QED) is 0.935. The molecule has 0 aromatic heterocycles. The monoisotopic (exact) mass is 331 g/mol. The molecule has 2 aromatic rings. The van der Waals surface area contributed by atoms with Crippen LogP contribution in [0.5, 0.6) is 5.75 Å². The van der Waals surface area contributed by atoms with Gasteiger partial charge in [-0.05, 0) is 44.0 Å². The van der Waals surface area contributed by atoms with Crippen LogP contribution in [0.3, 0.4) is 0 Å². The molecule has 1 aliphatic rings. The lowest BCUT2D eigenvalue weighted by atomic mass is 9.84. The molecule has 1 atom stereocenters. The number of hydrogen-bond acceptors (Lipinski definition) is 3. The van der Waals surface area contributed by atoms with Crippen molar-refractivity contribution >= 4 is 10.0 Å². The summed E-state index contributed by atoms with van der Waals surface area (Å²) in [5.41, 5.74) is 0.750. The van der Waals surface area contributed by atoms with Gasteiger partial charge in [0.2, 0.25) is 10.0 Å². The maximum Gasteiger partial charge on any atom is 0.240 e. The van der Waals surface area contributed by atoms with E-state index in [0.29, 0.717) is 11.4 Å². The van der Waals surface area contributed by atoms with Gasteiger partial charge in [-0.2, -0.15) is 0 Å². The Labute approximate surface area is 137 Å². The predicted octanol–water partition coefficient (Wildman–Crippen LogP) is 3.31. The minimum atomic E-state index is -3.49. The molecule has 1 unspecified atom stereocenters. The second-order valence-corrected chi connectivity index (χ2v) is 8.23. The van der Waals surface area contributed by atoms with Crippen molar-refractivity contribution in [2.75, 3.05) is 6.54 Å². The van der Waals surface area contributed by atoms with Crippen molar-refractivity contribution in [1.82, 2.24) is 4.72 Å². The van der Waals surface area contributed by atoms with Crippen molar-refractivity contribution in [3.8, 4) is 5.75 Å². The number of ether oxygens (including phenoxy) is 1. The Morgan fingerprint density at radius 3 is 2.48 bits per heavy atom. The minimum Gasteiger partial charge on any atom is -0.488 e. The van der Waals surface area contributed by atoms with Crippen molar-refractivity contribution in [1.29, 1.82) is 0 Å². The number of sulfonamides is 1. The molecule has 3 rings (SSSR count). The van der Waals surface area contributed by atoms with Crippen LogP contribution in [0.25, 0.3) is 0 Å². The van der Waals surface area contributed by atoms with E-state index in [-0.39, 0.29) is 11.5 Å². The van der Waals surface area contributed by atoms with Gasteiger partial charge in [-0.25, -0.2) is 13.1 Å². The van der Waals surface area contributed by atoms with Gasteiger partial charge >= 0.3 is 0 Å². The minimum absolute atomic E-state index is 0.0911. The SMILES string of the molecule is CC1(C)CC(CNS(=O)(=O)c2ccccc2)c2ccccc2O1. The summed E-state index contributed by atoms with van der Waals surface area (Å²) in [6.45, 7) is 4.42. The normalized spacial score (nSPS) is 19.7. The fourth-order valence-corrected chi connectivity index (χ4v) is 4.13. The highest BCUT2D eigenvalue weighted by Crippen LogP contribution is 2.40. The van der Waals surface area contributed by atoms with Crippen LogP contribution in [0.1, 0.15) is 31.7 Å². The van der Waals surface area contributed by atoms with Crippen LogP contribution in [0.2, 0.25) is 0 Å². The zero-order chi connectivity index (χ0) is 16.5. The number of nitrogens with one attached hydrogen (secondary N) is 1. The first kappa shape index (κ1) is 16.0. The first-order chi connectivity index (χ1) is 10.9. The van der Waals surface area contributed by atoms with E-state index in [0.717, 1.165) is 17.7 Å². The van der Waals surface area contributed by atoms with Crippen LogP contribution >= 0.6 is 0 Å². The van der Waals surface area contributed by atoms with Gasteiger partial charge in [-0.3, -0.25) is 0 Å². The molecule has 0 bridgehead atoms. The summed E-state index contributed by atoms with van der Waals surface area (Å²) in [4.78, 5) is 0.291. The molecule has 0 spiro atoms. The van der Waals surface area contributed by atoms with Crippen molar-refractivity contribution in [3.63, 3.8) is 0 Å². The molecule has 0 saturated heterocycles. The summed E-state index contributed by atoms with van der Waals surface area (Å²) in [5.74, 6) is 0.932. The summed E-state index contributed by atoms with van der Waals surface area (Å²) in [7, 11) is -3.49. The smallest absolute Gasteiger partial charge is 0.240 e. The summed E-state index contributed by atoms with van der Waals surface area (Å²) < 4.78 is 33.5. The second kappa shape index (κ2) is 5.98. The van der Waals surface area contributed by atoms with Gasteiger partial charge in [0.15, 0.2) is 0 Å². The van der Waals surface area contributed by atoms with Crippen molar-refractivity contribution in [2.45, 2.75) is 36.7 Å². The molecule has 1 N–H and O–H groups in total. The molecule has 1 aliphatic heterocycles. The molecule has 0 amide bonds. The fraction of sp³-hybridized carbons (Fsp3) is 0.333. The standard InChI is InChI=1S/C18H21NO3S/c1-18(2)12-14(16-10-6-7-11-17(16)22-18)13-19-23(20,21)15-8-4-3-5-9-15/h3-11,14,19H,12-13H2,1-2H3. The number of hydrogen-bond donors (Lipinski definition) is 1. The maximum absolute atomic E-state index is 12.4. The molecule has 0 aliphatic carbocycles. The van der Waals surface area contributed by atoms with Gasteiger partial charge in [0.1, 0.15) is 11.4 Å². The number of fused-ring (bicyclic) bond motifs is 1. The Morgan fingerprint density at radius 2 is 1.74 bits per heavy atom. The predicted molar refractivity (Wildman–Crippen MR) is 90.1 cm³/mol. The first-order valence-corrected chi connectivity index (χ1v) is 9.18. The Kier molecular flexibility index (Phi) is 4.17. The van der Waals surface area contributed by atoms with E-state index >= 15 is 0 Å². The highest BCUT2D eigenvalue weighted by atomic mass is 32.2. The second-order valence-electron chi connectivity index (χ2n) is 6.47. The zero-order valence-corrected chi connectivity index (χ0v) is 14.1. The Morgan fingerprint density at radius 1 is 1.09 bits per heavy atom. The third kappa shape index (κ3) is 3.57. The molecule has 5 heteroatoms. The topological polar surface area (TPSA) is 55.4 Å². The van der Waals surface area contributed by atoms with E-state index in [4.69, 9.17) is 4.74 Å². The fourth-order valence-electron chi connectivity index (χ4n) is 3.03. The molecule has 0 radical (unpaired) electrons. The van der Waals surface area contributed by atoms with Gasteiger partial charge in [0.05, 0.1) is 4.90 Å².